The molecule has 0 radical (unpaired) electrons. The van der Waals surface area contributed by atoms with Crippen LogP contribution in [0, 0.1) is 5.82 Å². The molecule has 3 rings (SSSR count). The first kappa shape index (κ1) is 15.0. The second kappa shape index (κ2) is 6.06. The van der Waals surface area contributed by atoms with E-state index in [-0.39, 0.29) is 6.54 Å². The summed E-state index contributed by atoms with van der Waals surface area (Å²) in [5, 5.41) is 0.418. The highest BCUT2D eigenvalue weighted by atomic mass is 35.5. The number of benzene rings is 1. The van der Waals surface area contributed by atoms with Crippen LogP contribution in [0.5, 0.6) is 0 Å². The van der Waals surface area contributed by atoms with Crippen molar-refractivity contribution in [3.05, 3.63) is 67.7 Å². The highest BCUT2D eigenvalue weighted by Crippen LogP contribution is 2.21. The molecule has 2 heterocycles. The van der Waals surface area contributed by atoms with Crippen LogP contribution in [0.2, 0.25) is 5.02 Å². The van der Waals surface area contributed by atoms with Crippen LogP contribution in [0.15, 0.2) is 40.1 Å². The van der Waals surface area contributed by atoms with Crippen molar-refractivity contribution >= 4 is 11.6 Å². The second-order valence-corrected chi connectivity index (χ2v) is 5.52. The van der Waals surface area contributed by atoms with Crippen molar-refractivity contribution in [1.29, 1.82) is 0 Å². The van der Waals surface area contributed by atoms with E-state index in [1.807, 2.05) is 0 Å². The zero-order valence-corrected chi connectivity index (χ0v) is 12.4. The van der Waals surface area contributed by atoms with E-state index in [0.717, 1.165) is 21.8 Å². The molecule has 7 heteroatoms. The molecule has 1 atom stereocenters. The van der Waals surface area contributed by atoms with E-state index in [9.17, 15) is 14.0 Å². The number of nitrogens with zero attached hydrogens (tertiary/aromatic N) is 2. The highest BCUT2D eigenvalue weighted by Gasteiger charge is 2.22. The molecular weight excluding hydrogens is 311 g/mol. The van der Waals surface area contributed by atoms with Crippen molar-refractivity contribution in [3.8, 4) is 0 Å². The molecule has 0 unspecified atom stereocenters. The normalized spacial score (nSPS) is 17.8. The molecule has 2 aromatic rings. The third-order valence-corrected chi connectivity index (χ3v) is 4.02. The summed E-state index contributed by atoms with van der Waals surface area (Å²) in [7, 11) is 0. The van der Waals surface area contributed by atoms with Crippen LogP contribution < -0.4 is 11.2 Å². The largest absolute Gasteiger partial charge is 0.358 e. The topological polar surface area (TPSA) is 53.2 Å². The average Bonchev–Trinajstić information content (AvgIpc) is 3.03. The predicted octanol–water partition coefficient (Wildman–Crippen LogP) is 2.16. The van der Waals surface area contributed by atoms with E-state index < -0.39 is 23.3 Å². The third-order valence-electron chi connectivity index (χ3n) is 3.66. The molecule has 0 N–H and O–H groups in total. The van der Waals surface area contributed by atoms with Gasteiger partial charge in [-0.05, 0) is 24.5 Å². The quantitative estimate of drug-likeness (QED) is 0.869. The molecule has 1 aromatic carbocycles. The zero-order valence-electron chi connectivity index (χ0n) is 11.7. The lowest BCUT2D eigenvalue weighted by molar-refractivity contribution is 0.0504. The lowest BCUT2D eigenvalue weighted by Gasteiger charge is -2.15. The van der Waals surface area contributed by atoms with Crippen molar-refractivity contribution < 1.29 is 9.13 Å². The summed E-state index contributed by atoms with van der Waals surface area (Å²) in [6, 6.07) is 6.82. The molecule has 1 saturated heterocycles. The van der Waals surface area contributed by atoms with Crippen LogP contribution >= 0.6 is 11.6 Å². The highest BCUT2D eigenvalue weighted by molar-refractivity contribution is 6.31. The lowest BCUT2D eigenvalue weighted by atomic mass is 10.2. The van der Waals surface area contributed by atoms with E-state index in [1.54, 1.807) is 24.3 Å². The molecule has 0 saturated carbocycles. The van der Waals surface area contributed by atoms with Gasteiger partial charge in [0.1, 0.15) is 6.23 Å². The van der Waals surface area contributed by atoms with Gasteiger partial charge >= 0.3 is 5.69 Å². The Balaban J connectivity index is 2.09. The Bertz CT molecular complexity index is 809. The molecule has 0 amide bonds. The second-order valence-electron chi connectivity index (χ2n) is 5.12. The molecule has 1 aliphatic rings. The number of ether oxygens (including phenoxy) is 1. The van der Waals surface area contributed by atoms with Crippen molar-refractivity contribution in [3.63, 3.8) is 0 Å². The molecule has 0 bridgehead atoms. The molecule has 0 aliphatic carbocycles. The van der Waals surface area contributed by atoms with Crippen molar-refractivity contribution in [2.75, 3.05) is 6.61 Å². The minimum Gasteiger partial charge on any atom is -0.358 e. The van der Waals surface area contributed by atoms with Gasteiger partial charge in [0.15, 0.2) is 0 Å². The maximum absolute atomic E-state index is 13.9. The molecule has 1 aliphatic heterocycles. The molecule has 0 spiro atoms. The number of hydrogen-bond donors (Lipinski definition) is 0. The number of halogens is 2. The summed E-state index contributed by atoms with van der Waals surface area (Å²) >= 11 is 6.04. The fourth-order valence-electron chi connectivity index (χ4n) is 2.51. The van der Waals surface area contributed by atoms with E-state index in [4.69, 9.17) is 16.3 Å². The summed E-state index contributed by atoms with van der Waals surface area (Å²) in [4.78, 5) is 24.4. The van der Waals surface area contributed by atoms with Crippen molar-refractivity contribution in [1.82, 2.24) is 9.13 Å². The molecule has 1 aromatic heterocycles. The Hall–Kier alpha value is -1.92. The SMILES string of the molecule is O=c1c(F)cn([C@H]2CCCO2)c(=O)n1Cc1ccccc1Cl. The van der Waals surface area contributed by atoms with E-state index in [0.29, 0.717) is 23.6 Å². The van der Waals surface area contributed by atoms with Crippen molar-refractivity contribution in [2.24, 2.45) is 0 Å². The maximum Gasteiger partial charge on any atom is 0.333 e. The van der Waals surface area contributed by atoms with Gasteiger partial charge < -0.3 is 4.74 Å². The zero-order chi connectivity index (χ0) is 15.7. The first-order valence-corrected chi connectivity index (χ1v) is 7.32. The lowest BCUT2D eigenvalue weighted by Crippen LogP contribution is -2.42. The Morgan fingerprint density at radius 2 is 2.09 bits per heavy atom. The first-order chi connectivity index (χ1) is 10.6. The van der Waals surface area contributed by atoms with Crippen LogP contribution in [-0.2, 0) is 11.3 Å². The summed E-state index contributed by atoms with van der Waals surface area (Å²) in [6.45, 7) is 0.435. The van der Waals surface area contributed by atoms with Gasteiger partial charge in [-0.3, -0.25) is 13.9 Å². The Morgan fingerprint density at radius 3 is 2.77 bits per heavy atom. The van der Waals surface area contributed by atoms with Gasteiger partial charge in [0.25, 0.3) is 5.56 Å². The monoisotopic (exact) mass is 324 g/mol. The third kappa shape index (κ3) is 2.71. The minimum atomic E-state index is -0.984. The standard InChI is InChI=1S/C15H14ClFN2O3/c16-11-5-2-1-4-10(11)8-19-14(20)12(17)9-18(15(19)21)13-6-3-7-22-13/h1-2,4-5,9,13H,3,6-8H2/t13-/m1/s1. The first-order valence-electron chi connectivity index (χ1n) is 6.94. The van der Waals surface area contributed by atoms with Gasteiger partial charge in [0.05, 0.1) is 12.7 Å². The van der Waals surface area contributed by atoms with Gasteiger partial charge in [-0.25, -0.2) is 4.79 Å². The number of hydrogen-bond acceptors (Lipinski definition) is 3. The molecule has 116 valence electrons. The summed E-state index contributed by atoms with van der Waals surface area (Å²) in [6.07, 6.45) is 1.80. The fourth-order valence-corrected chi connectivity index (χ4v) is 2.71. The summed E-state index contributed by atoms with van der Waals surface area (Å²) in [5.41, 5.74) is -0.981. The molecular formula is C15H14ClFN2O3. The minimum absolute atomic E-state index is 0.0815. The van der Waals surface area contributed by atoms with E-state index in [2.05, 4.69) is 0 Å². The van der Waals surface area contributed by atoms with Crippen LogP contribution in [0.25, 0.3) is 0 Å². The Kier molecular flexibility index (Phi) is 4.13. The molecule has 5 nitrogen and oxygen atoms in total. The van der Waals surface area contributed by atoms with Crippen LogP contribution in [0.1, 0.15) is 24.6 Å². The predicted molar refractivity (Wildman–Crippen MR) is 79.7 cm³/mol. The number of rotatable bonds is 3. The van der Waals surface area contributed by atoms with E-state index in [1.165, 1.54) is 0 Å². The van der Waals surface area contributed by atoms with Crippen LogP contribution in [0.4, 0.5) is 4.39 Å². The average molecular weight is 325 g/mol. The Labute approximate surface area is 130 Å². The smallest absolute Gasteiger partial charge is 0.333 e. The summed E-state index contributed by atoms with van der Waals surface area (Å²) < 4.78 is 21.3. The molecule has 22 heavy (non-hydrogen) atoms. The Morgan fingerprint density at radius 1 is 1.32 bits per heavy atom. The number of aromatic nitrogens is 2. The molecule has 1 fully saturated rings. The van der Waals surface area contributed by atoms with Gasteiger partial charge in [-0.15, -0.1) is 0 Å². The maximum atomic E-state index is 13.9. The fraction of sp³-hybridized carbons (Fsp3) is 0.333. The van der Waals surface area contributed by atoms with E-state index >= 15 is 0 Å². The van der Waals surface area contributed by atoms with Crippen LogP contribution in [0.3, 0.4) is 0 Å². The van der Waals surface area contributed by atoms with Gasteiger partial charge in [-0.2, -0.15) is 4.39 Å². The van der Waals surface area contributed by atoms with Crippen molar-refractivity contribution in [2.45, 2.75) is 25.6 Å². The van der Waals surface area contributed by atoms with Gasteiger partial charge in [-0.1, -0.05) is 29.8 Å². The van der Waals surface area contributed by atoms with Gasteiger partial charge in [0.2, 0.25) is 5.82 Å². The van der Waals surface area contributed by atoms with Crippen LogP contribution in [-0.4, -0.2) is 15.7 Å². The summed E-state index contributed by atoms with van der Waals surface area (Å²) in [5.74, 6) is -0.984. The van der Waals surface area contributed by atoms with Gasteiger partial charge in [0, 0.05) is 11.6 Å².